The highest BCUT2D eigenvalue weighted by molar-refractivity contribution is 7.71. The molecule has 17 heteroatoms. The number of carbonyl (C=O) groups excluding carboxylic acids is 1. The van der Waals surface area contributed by atoms with Gasteiger partial charge in [-0.15, -0.1) is 0 Å². The van der Waals surface area contributed by atoms with E-state index in [1.54, 1.807) is 49.3 Å². The van der Waals surface area contributed by atoms with E-state index >= 15 is 9.18 Å². The van der Waals surface area contributed by atoms with Crippen LogP contribution in [-0.2, 0) is 27.7 Å². The van der Waals surface area contributed by atoms with Crippen molar-refractivity contribution in [3.8, 4) is 17.2 Å². The third-order valence-corrected chi connectivity index (χ3v) is 17.9. The van der Waals surface area contributed by atoms with E-state index in [1.165, 1.54) is 14.7 Å². The van der Waals surface area contributed by atoms with Crippen molar-refractivity contribution in [1.29, 1.82) is 0 Å². The smallest absolute Gasteiger partial charge is 0.381 e. The number of pyridine rings is 1. The molecular weight excluding hydrogens is 861 g/mol. The fraction of sp³-hybridized carbons (Fsp3) is 0.429. The minimum Gasteiger partial charge on any atom is -0.381 e. The molecule has 5 aromatic heterocycles. The highest BCUT2D eigenvalue weighted by Crippen LogP contribution is 2.56. The third-order valence-electron chi connectivity index (χ3n) is 14.6. The van der Waals surface area contributed by atoms with Crippen molar-refractivity contribution >= 4 is 29.4 Å². The van der Waals surface area contributed by atoms with Crippen LogP contribution < -0.4 is 16.9 Å². The third kappa shape index (κ3) is 6.81. The lowest BCUT2D eigenvalue weighted by Crippen LogP contribution is -2.41. The number of benzene rings is 2. The minimum absolute atomic E-state index is 0.0203. The van der Waals surface area contributed by atoms with E-state index in [-0.39, 0.29) is 17.6 Å². The van der Waals surface area contributed by atoms with Gasteiger partial charge in [0.2, 0.25) is 0 Å². The number of fused-ring (bicyclic) bond motifs is 2. The summed E-state index contributed by atoms with van der Waals surface area (Å²) in [5, 5.41) is 10.2. The fourth-order valence-corrected chi connectivity index (χ4v) is 12.8. The SMILES string of the molecule is CCc1cc(-n2ccn(-c3c4c(nn3-c3cc(C)c(F)c(C)c3)CCN(C(=O)c3cc5cc(C6CCOCC6)ccc5n3[C@@]3(c5noc(=O)[nH]5)C[C@@H]3C)[C@H]4C)c2=O)cnc1P(=O)(CC)CC. The van der Waals surface area contributed by atoms with Gasteiger partial charge in [0, 0.05) is 67.4 Å². The van der Waals surface area contributed by atoms with Gasteiger partial charge in [-0.25, -0.2) is 18.7 Å². The lowest BCUT2D eigenvalue weighted by atomic mass is 9.91. The summed E-state index contributed by atoms with van der Waals surface area (Å²) in [5.41, 5.74) is 6.03. The number of imidazole rings is 1. The number of hydrogen-bond donors (Lipinski definition) is 1. The second-order valence-electron chi connectivity index (χ2n) is 18.3. The molecule has 0 radical (unpaired) electrons. The number of aromatic nitrogens is 8. The Morgan fingerprint density at radius 1 is 0.970 bits per heavy atom. The first kappa shape index (κ1) is 43.8. The molecule has 2 fully saturated rings. The normalized spacial score (nSPS) is 20.0. The molecule has 0 spiro atoms. The molecule has 7 heterocycles. The maximum Gasteiger partial charge on any atom is 0.438 e. The first-order valence-electron chi connectivity index (χ1n) is 23.1. The van der Waals surface area contributed by atoms with Crippen molar-refractivity contribution < 1.29 is 23.0 Å². The second kappa shape index (κ2) is 16.3. The Labute approximate surface area is 381 Å². The van der Waals surface area contributed by atoms with Gasteiger partial charge in [-0.1, -0.05) is 38.9 Å². The number of aromatic amines is 1. The Morgan fingerprint density at radius 2 is 1.68 bits per heavy atom. The molecule has 66 heavy (non-hydrogen) atoms. The van der Waals surface area contributed by atoms with Crippen LogP contribution >= 0.6 is 7.14 Å². The Balaban J connectivity index is 1.11. The zero-order valence-corrected chi connectivity index (χ0v) is 39.3. The van der Waals surface area contributed by atoms with Crippen LogP contribution in [0.15, 0.2) is 75.2 Å². The largest absolute Gasteiger partial charge is 0.438 e. The number of rotatable bonds is 11. The number of halogens is 1. The Hall–Kier alpha value is -6.12. The van der Waals surface area contributed by atoms with Gasteiger partial charge in [-0.3, -0.25) is 28.4 Å². The van der Waals surface area contributed by atoms with Crippen molar-refractivity contribution in [2.24, 2.45) is 5.92 Å². The van der Waals surface area contributed by atoms with Crippen LogP contribution in [0, 0.1) is 25.6 Å². The maximum atomic E-state index is 15.5. The van der Waals surface area contributed by atoms with Crippen LogP contribution in [0.2, 0.25) is 0 Å². The fourth-order valence-electron chi connectivity index (χ4n) is 10.7. The lowest BCUT2D eigenvalue weighted by molar-refractivity contribution is 0.0663. The zero-order valence-electron chi connectivity index (χ0n) is 38.4. The average Bonchev–Trinajstić information content (AvgIpc) is 3.82. The molecule has 10 rings (SSSR count). The van der Waals surface area contributed by atoms with Crippen molar-refractivity contribution in [3.63, 3.8) is 0 Å². The number of hydrogen-bond acceptors (Lipinski definition) is 9. The summed E-state index contributed by atoms with van der Waals surface area (Å²) in [6.45, 7) is 15.0. The summed E-state index contributed by atoms with van der Waals surface area (Å²) in [6, 6.07) is 13.1. The molecule has 2 aliphatic heterocycles. The predicted molar refractivity (Wildman–Crippen MR) is 249 cm³/mol. The molecule has 7 aromatic rings. The summed E-state index contributed by atoms with van der Waals surface area (Å²) in [7, 11) is -2.70. The number of nitrogens with zero attached hydrogens (tertiary/aromatic N) is 8. The summed E-state index contributed by atoms with van der Waals surface area (Å²) in [4.78, 5) is 52.2. The molecule has 1 N–H and O–H groups in total. The second-order valence-corrected chi connectivity index (χ2v) is 21.8. The first-order valence-corrected chi connectivity index (χ1v) is 25.2. The molecule has 3 aliphatic rings. The van der Waals surface area contributed by atoms with Crippen molar-refractivity contribution in [2.75, 3.05) is 32.1 Å². The topological polar surface area (TPSA) is 168 Å². The van der Waals surface area contributed by atoms with Gasteiger partial charge in [0.05, 0.1) is 29.3 Å². The van der Waals surface area contributed by atoms with E-state index in [9.17, 15) is 14.2 Å². The molecule has 15 nitrogen and oxygen atoms in total. The summed E-state index contributed by atoms with van der Waals surface area (Å²) < 4.78 is 46.5. The standard InChI is InChI=1S/C49H55FN9O6P/c1-8-32-24-37(27-51-43(32)66(63,9-2)10-3)56-17-18-57(48(56)62)44-41-31(7)55(16-13-38(41)53-59(44)36-21-28(4)42(50)29(5)22-36)45(60)40-25-35-23-34(33-14-19-64-20-15-33)11-12-39(35)58(40)49(26-30(49)6)46-52-47(61)65-54-46/h11-12,17-18,21-25,27,30-31,33H,8-10,13-16,19-20,26H2,1-7H3,(H,52,54,61)/t30-,31-,49-/m0/s1. The Bertz CT molecular complexity index is 3210. The maximum absolute atomic E-state index is 15.5. The van der Waals surface area contributed by atoms with Crippen LogP contribution in [0.25, 0.3) is 28.1 Å². The van der Waals surface area contributed by atoms with Crippen LogP contribution in [0.3, 0.4) is 0 Å². The van der Waals surface area contributed by atoms with Crippen LogP contribution in [0.1, 0.15) is 116 Å². The van der Waals surface area contributed by atoms with Gasteiger partial charge < -0.3 is 18.8 Å². The average molecular weight is 916 g/mol. The van der Waals surface area contributed by atoms with E-state index in [1.807, 2.05) is 49.3 Å². The molecule has 1 saturated heterocycles. The molecule has 0 bridgehead atoms. The van der Waals surface area contributed by atoms with Crippen molar-refractivity contribution in [2.45, 2.75) is 98.1 Å². The van der Waals surface area contributed by atoms with Gasteiger partial charge in [0.1, 0.15) is 35.4 Å². The molecule has 0 unspecified atom stereocenters. The van der Waals surface area contributed by atoms with E-state index in [4.69, 9.17) is 19.3 Å². The van der Waals surface area contributed by atoms with Crippen LogP contribution in [0.5, 0.6) is 0 Å². The number of ether oxygens (including phenoxy) is 1. The van der Waals surface area contributed by atoms with E-state index in [0.717, 1.165) is 29.3 Å². The first-order chi connectivity index (χ1) is 31.7. The number of carbonyl (C=O) groups is 1. The Morgan fingerprint density at radius 3 is 2.33 bits per heavy atom. The quantitative estimate of drug-likeness (QED) is 0.128. The number of H-pyrrole nitrogens is 1. The monoisotopic (exact) mass is 915 g/mol. The van der Waals surface area contributed by atoms with Gasteiger partial charge in [0.15, 0.2) is 5.82 Å². The van der Waals surface area contributed by atoms with Gasteiger partial charge in [0.25, 0.3) is 5.91 Å². The van der Waals surface area contributed by atoms with Gasteiger partial charge in [-0.05, 0) is 117 Å². The van der Waals surface area contributed by atoms with Gasteiger partial charge in [-0.2, -0.15) is 5.10 Å². The predicted octanol–water partition coefficient (Wildman–Crippen LogP) is 7.62. The summed E-state index contributed by atoms with van der Waals surface area (Å²) in [5.74, 6) is -0.0625. The highest BCUT2D eigenvalue weighted by Gasteiger charge is 2.59. The zero-order chi connectivity index (χ0) is 46.4. The molecule has 1 amide bonds. The van der Waals surface area contributed by atoms with E-state index < -0.39 is 30.2 Å². The molecule has 1 saturated carbocycles. The summed E-state index contributed by atoms with van der Waals surface area (Å²) in [6.07, 6.45) is 9.38. The summed E-state index contributed by atoms with van der Waals surface area (Å²) >= 11 is 0. The molecular formula is C49H55FN9O6P. The number of aryl methyl sites for hydroxylation is 3. The van der Waals surface area contributed by atoms with E-state index in [0.29, 0.717) is 114 Å². The van der Waals surface area contributed by atoms with Crippen LogP contribution in [0.4, 0.5) is 4.39 Å². The Kier molecular flexibility index (Phi) is 10.8. The number of nitrogens with one attached hydrogen (secondary N) is 1. The lowest BCUT2D eigenvalue weighted by Gasteiger charge is -2.34. The van der Waals surface area contributed by atoms with Crippen molar-refractivity contribution in [3.05, 3.63) is 133 Å². The minimum atomic E-state index is -2.70. The van der Waals surface area contributed by atoms with E-state index in [2.05, 4.69) is 35.3 Å². The molecule has 344 valence electrons. The number of amides is 1. The molecule has 2 aromatic carbocycles. The molecule has 1 aliphatic carbocycles. The van der Waals surface area contributed by atoms with Gasteiger partial charge >= 0.3 is 11.4 Å². The molecule has 3 atom stereocenters. The van der Waals surface area contributed by atoms with Crippen LogP contribution in [-0.4, -0.2) is 81.5 Å². The highest BCUT2D eigenvalue weighted by atomic mass is 31.2. The van der Waals surface area contributed by atoms with Crippen molar-refractivity contribution in [1.82, 2.24) is 43.5 Å².